The fourth-order valence-corrected chi connectivity index (χ4v) is 3.28. The number of hydrogen-bond acceptors (Lipinski definition) is 5. The first-order valence-electron chi connectivity index (χ1n) is 8.67. The van der Waals surface area contributed by atoms with Crippen molar-refractivity contribution in [2.24, 2.45) is 10.8 Å². The van der Waals surface area contributed by atoms with Crippen molar-refractivity contribution in [1.29, 1.82) is 0 Å². The Hall–Kier alpha value is -3.08. The highest BCUT2D eigenvalue weighted by atomic mass is 79.9. The maximum atomic E-state index is 13.2. The number of carbonyl (C=O) groups excluding carboxylic acids is 2. The van der Waals surface area contributed by atoms with Gasteiger partial charge in [-0.05, 0) is 42.5 Å². The molecule has 1 atom stereocenters. The van der Waals surface area contributed by atoms with E-state index in [9.17, 15) is 22.8 Å². The number of carbonyl (C=O) groups is 2. The lowest BCUT2D eigenvalue weighted by atomic mass is 10.1. The van der Waals surface area contributed by atoms with Crippen molar-refractivity contribution in [2.75, 3.05) is 5.01 Å². The van der Waals surface area contributed by atoms with Gasteiger partial charge in [0, 0.05) is 23.0 Å². The number of halogens is 4. The summed E-state index contributed by atoms with van der Waals surface area (Å²) in [5, 5.41) is 7.96. The van der Waals surface area contributed by atoms with Gasteiger partial charge in [0.15, 0.2) is 0 Å². The summed E-state index contributed by atoms with van der Waals surface area (Å²) in [6, 6.07) is 8.70. The second-order valence-electron chi connectivity index (χ2n) is 6.30. The molecule has 0 fully saturated rings. The van der Waals surface area contributed by atoms with Gasteiger partial charge in [-0.3, -0.25) is 14.6 Å². The zero-order valence-corrected chi connectivity index (χ0v) is 16.9. The molecule has 0 aliphatic carbocycles. The lowest BCUT2D eigenvalue weighted by Gasteiger charge is -2.20. The van der Waals surface area contributed by atoms with Gasteiger partial charge in [-0.15, -0.1) is 0 Å². The summed E-state index contributed by atoms with van der Waals surface area (Å²) in [5.74, 6) is -1.85. The van der Waals surface area contributed by atoms with Crippen LogP contribution in [0.1, 0.15) is 12.0 Å². The van der Waals surface area contributed by atoms with E-state index < -0.39 is 30.3 Å². The lowest BCUT2D eigenvalue weighted by Crippen LogP contribution is -2.39. The minimum absolute atomic E-state index is 0.0226. The van der Waals surface area contributed by atoms with E-state index >= 15 is 0 Å². The number of hydrogen-bond donors (Lipinski definition) is 2. The highest BCUT2D eigenvalue weighted by molar-refractivity contribution is 9.10. The highest BCUT2D eigenvalue weighted by Crippen LogP contribution is 2.26. The lowest BCUT2D eigenvalue weighted by molar-refractivity contribution is -0.119. The normalized spacial score (nSPS) is 15.8. The van der Waals surface area contributed by atoms with Crippen LogP contribution in [0.15, 0.2) is 52.0 Å². The third-order valence-electron chi connectivity index (χ3n) is 4.27. The molecule has 11 heteroatoms. The maximum Gasteiger partial charge on any atom is 0.387 e. The Labute approximate surface area is 177 Å². The van der Waals surface area contributed by atoms with Gasteiger partial charge >= 0.3 is 6.61 Å². The molecule has 0 radical (unpaired) electrons. The van der Waals surface area contributed by atoms with Crippen molar-refractivity contribution in [2.45, 2.75) is 25.6 Å². The van der Waals surface area contributed by atoms with Gasteiger partial charge in [-0.25, -0.2) is 4.39 Å². The summed E-state index contributed by atoms with van der Waals surface area (Å²) in [6.07, 6.45) is -0.0581. The van der Waals surface area contributed by atoms with Crippen LogP contribution < -0.4 is 20.8 Å². The van der Waals surface area contributed by atoms with Gasteiger partial charge in [-0.2, -0.15) is 13.9 Å². The Bertz CT molecular complexity index is 985. The van der Waals surface area contributed by atoms with E-state index in [0.29, 0.717) is 15.7 Å². The molecule has 1 aliphatic heterocycles. The first-order valence-corrected chi connectivity index (χ1v) is 9.47. The van der Waals surface area contributed by atoms with Crippen LogP contribution in [0.4, 0.5) is 18.9 Å². The number of ether oxygens (including phenoxy) is 1. The van der Waals surface area contributed by atoms with E-state index in [1.165, 1.54) is 47.5 Å². The minimum Gasteiger partial charge on any atom is -0.434 e. The molecule has 0 aromatic heterocycles. The molecule has 0 saturated heterocycles. The number of nitrogens with two attached hydrogens (primary N) is 1. The highest BCUT2D eigenvalue weighted by Gasteiger charge is 2.35. The van der Waals surface area contributed by atoms with Crippen LogP contribution in [0.2, 0.25) is 0 Å². The number of rotatable bonds is 7. The molecule has 2 aromatic carbocycles. The Morgan fingerprint density at radius 1 is 1.27 bits per heavy atom. The number of amides is 2. The first kappa shape index (κ1) is 21.6. The van der Waals surface area contributed by atoms with Crippen LogP contribution in [-0.2, 0) is 16.1 Å². The van der Waals surface area contributed by atoms with Gasteiger partial charge in [-0.1, -0.05) is 15.9 Å². The van der Waals surface area contributed by atoms with Crippen molar-refractivity contribution in [3.8, 4) is 5.75 Å². The van der Waals surface area contributed by atoms with Gasteiger partial charge < -0.3 is 15.8 Å². The molecule has 3 N–H and O–H groups in total. The number of hydrazone groups is 1. The minimum atomic E-state index is -3.01. The monoisotopic (exact) mass is 484 g/mol. The molecule has 7 nitrogen and oxygen atoms in total. The van der Waals surface area contributed by atoms with E-state index in [0.717, 1.165) is 0 Å². The molecule has 158 valence electrons. The molecule has 1 heterocycles. The fraction of sp³-hybridized carbons (Fsp3) is 0.211. The summed E-state index contributed by atoms with van der Waals surface area (Å²) in [7, 11) is 0. The van der Waals surface area contributed by atoms with Gasteiger partial charge in [0.2, 0.25) is 5.91 Å². The molecule has 30 heavy (non-hydrogen) atoms. The van der Waals surface area contributed by atoms with Crippen molar-refractivity contribution in [3.05, 3.63) is 58.3 Å². The van der Waals surface area contributed by atoms with E-state index in [1.54, 1.807) is 0 Å². The van der Waals surface area contributed by atoms with Crippen LogP contribution in [0, 0.1) is 5.82 Å². The smallest absolute Gasteiger partial charge is 0.387 e. The Morgan fingerprint density at radius 3 is 2.60 bits per heavy atom. The number of nitrogens with one attached hydrogen (secondary N) is 1. The van der Waals surface area contributed by atoms with Gasteiger partial charge in [0.05, 0.1) is 5.69 Å². The van der Waals surface area contributed by atoms with Crippen LogP contribution in [0.3, 0.4) is 0 Å². The molecular weight excluding hydrogens is 469 g/mol. The Morgan fingerprint density at radius 2 is 1.97 bits per heavy atom. The van der Waals surface area contributed by atoms with Crippen LogP contribution in [-0.4, -0.2) is 30.2 Å². The third-order valence-corrected chi connectivity index (χ3v) is 4.76. The molecular formula is C19H16BrF3N4O3. The molecule has 0 bridgehead atoms. The quantitative estimate of drug-likeness (QED) is 0.631. The molecule has 0 spiro atoms. The number of primary amides is 1. The standard InChI is InChI=1S/C19H16BrF3N4O3/c20-11-1-6-16(30-19(22)23)10(7-11)9-25-18(29)14-8-15(17(24)28)27(26-14)13-4-2-12(21)3-5-13/h1-7,15,19H,8-9H2,(H2,24,28)(H,25,29). The average Bonchev–Trinajstić information content (AvgIpc) is 3.14. The molecule has 1 aliphatic rings. The van der Waals surface area contributed by atoms with Gasteiger partial charge in [0.25, 0.3) is 5.91 Å². The molecule has 2 aromatic rings. The summed E-state index contributed by atoms with van der Waals surface area (Å²) in [6.45, 7) is -3.13. The van der Waals surface area contributed by atoms with Crippen molar-refractivity contribution in [1.82, 2.24) is 5.32 Å². The molecule has 3 rings (SSSR count). The first-order chi connectivity index (χ1) is 14.2. The van der Waals surface area contributed by atoms with Crippen molar-refractivity contribution in [3.63, 3.8) is 0 Å². The van der Waals surface area contributed by atoms with E-state index in [2.05, 4.69) is 31.1 Å². The summed E-state index contributed by atoms with van der Waals surface area (Å²) in [4.78, 5) is 24.3. The van der Waals surface area contributed by atoms with E-state index in [1.807, 2.05) is 0 Å². The third kappa shape index (κ3) is 5.09. The molecule has 0 saturated carbocycles. The maximum absolute atomic E-state index is 13.2. The Balaban J connectivity index is 1.75. The average molecular weight is 485 g/mol. The van der Waals surface area contributed by atoms with Crippen molar-refractivity contribution >= 4 is 39.1 Å². The topological polar surface area (TPSA) is 97.0 Å². The fourth-order valence-electron chi connectivity index (χ4n) is 2.88. The summed E-state index contributed by atoms with van der Waals surface area (Å²) in [5.41, 5.74) is 6.15. The van der Waals surface area contributed by atoms with Crippen LogP contribution >= 0.6 is 15.9 Å². The van der Waals surface area contributed by atoms with E-state index in [4.69, 9.17) is 5.73 Å². The summed E-state index contributed by atoms with van der Waals surface area (Å²) >= 11 is 3.23. The summed E-state index contributed by atoms with van der Waals surface area (Å²) < 4.78 is 43.4. The largest absolute Gasteiger partial charge is 0.434 e. The molecule has 1 unspecified atom stereocenters. The van der Waals surface area contributed by atoms with Gasteiger partial charge in [0.1, 0.15) is 23.3 Å². The zero-order valence-electron chi connectivity index (χ0n) is 15.3. The second-order valence-corrected chi connectivity index (χ2v) is 7.22. The van der Waals surface area contributed by atoms with Crippen LogP contribution in [0.5, 0.6) is 5.75 Å². The Kier molecular flexibility index (Phi) is 6.60. The molecule has 2 amide bonds. The number of benzene rings is 2. The number of nitrogens with zero attached hydrogens (tertiary/aromatic N) is 2. The zero-order chi connectivity index (χ0) is 21.8. The number of anilines is 1. The van der Waals surface area contributed by atoms with Crippen molar-refractivity contribution < 1.29 is 27.5 Å². The predicted molar refractivity (Wildman–Crippen MR) is 107 cm³/mol. The second kappa shape index (κ2) is 9.16. The van der Waals surface area contributed by atoms with Crippen LogP contribution in [0.25, 0.3) is 0 Å². The predicted octanol–water partition coefficient (Wildman–Crippen LogP) is 2.93. The number of alkyl halides is 2. The van der Waals surface area contributed by atoms with E-state index in [-0.39, 0.29) is 24.4 Å². The SMILES string of the molecule is NC(=O)C1CC(C(=O)NCc2cc(Br)ccc2OC(F)F)=NN1c1ccc(F)cc1.